The Labute approximate surface area is 107 Å². The molecule has 1 aromatic heterocycles. The molecule has 1 heterocycles. The van der Waals surface area contributed by atoms with Crippen LogP contribution in [0.5, 0.6) is 0 Å². The highest BCUT2D eigenvalue weighted by atomic mass is 32.2. The maximum absolute atomic E-state index is 12.0. The molecule has 0 aliphatic heterocycles. The van der Waals surface area contributed by atoms with Crippen LogP contribution in [0.2, 0.25) is 0 Å². The van der Waals surface area contributed by atoms with E-state index >= 15 is 0 Å². The summed E-state index contributed by atoms with van der Waals surface area (Å²) in [7, 11) is -5.63. The fraction of sp³-hybridized carbons (Fsp3) is 0.444. The number of nitrogens with zero attached hydrogens (tertiary/aromatic N) is 2. The quantitative estimate of drug-likeness (QED) is 0.770. The number of hydrogen-bond acceptors (Lipinski definition) is 6. The Bertz CT molecular complexity index is 625. The Balaban J connectivity index is 2.93. The molecule has 0 radical (unpaired) electrons. The molecular weight excluding hydrogens is 278 g/mol. The molecule has 0 saturated heterocycles. The van der Waals surface area contributed by atoms with Crippen LogP contribution in [-0.2, 0) is 19.9 Å². The van der Waals surface area contributed by atoms with E-state index in [1.54, 1.807) is 0 Å². The van der Waals surface area contributed by atoms with Crippen LogP contribution in [0.15, 0.2) is 23.2 Å². The lowest BCUT2D eigenvalue weighted by atomic mass is 10.5. The highest BCUT2D eigenvalue weighted by molar-refractivity contribution is 7.91. The molecule has 7 nitrogen and oxygen atoms in total. The van der Waals surface area contributed by atoms with Gasteiger partial charge in [-0.1, -0.05) is 0 Å². The van der Waals surface area contributed by atoms with E-state index < -0.39 is 19.9 Å². The first-order valence-corrected chi connectivity index (χ1v) is 8.48. The number of hydrogen-bond donors (Lipinski definition) is 1. The highest BCUT2D eigenvalue weighted by Crippen LogP contribution is 2.15. The third-order valence-corrected chi connectivity index (χ3v) is 5.01. The third kappa shape index (κ3) is 3.93. The Morgan fingerprint density at radius 1 is 1.33 bits per heavy atom. The average molecular weight is 293 g/mol. The summed E-state index contributed by atoms with van der Waals surface area (Å²) >= 11 is 0. The summed E-state index contributed by atoms with van der Waals surface area (Å²) in [6.07, 6.45) is 2.34. The van der Waals surface area contributed by atoms with Crippen LogP contribution < -0.4 is 5.73 Å². The van der Waals surface area contributed by atoms with Crippen molar-refractivity contribution in [3.05, 3.63) is 18.3 Å². The molecule has 2 N–H and O–H groups in total. The normalized spacial score (nSPS) is 12.8. The molecule has 18 heavy (non-hydrogen) atoms. The van der Waals surface area contributed by atoms with Crippen molar-refractivity contribution in [2.45, 2.75) is 4.90 Å². The Morgan fingerprint density at radius 3 is 2.44 bits per heavy atom. The monoisotopic (exact) mass is 293 g/mol. The first-order chi connectivity index (χ1) is 8.13. The largest absolute Gasteiger partial charge is 0.384 e. The van der Waals surface area contributed by atoms with E-state index in [9.17, 15) is 16.8 Å². The number of anilines is 1. The van der Waals surface area contributed by atoms with Gasteiger partial charge in [-0.15, -0.1) is 0 Å². The van der Waals surface area contributed by atoms with Crippen LogP contribution >= 0.6 is 0 Å². The van der Waals surface area contributed by atoms with E-state index in [1.165, 1.54) is 25.4 Å². The Hall–Kier alpha value is -1.19. The van der Waals surface area contributed by atoms with E-state index in [1.807, 2.05) is 0 Å². The number of nitrogen functional groups attached to an aromatic ring is 1. The number of nitrogens with two attached hydrogens (primary N) is 1. The second kappa shape index (κ2) is 5.21. The zero-order chi connectivity index (χ0) is 14.0. The lowest BCUT2D eigenvalue weighted by Crippen LogP contribution is -2.31. The third-order valence-electron chi connectivity index (χ3n) is 2.24. The SMILES string of the molecule is CN(CCS(C)(=O)=O)S(=O)(=O)c1ccnc(N)c1. The van der Waals surface area contributed by atoms with Gasteiger partial charge in [0.2, 0.25) is 10.0 Å². The van der Waals surface area contributed by atoms with Crippen LogP contribution in [0.4, 0.5) is 5.82 Å². The molecule has 0 bridgehead atoms. The van der Waals surface area contributed by atoms with Gasteiger partial charge in [0.25, 0.3) is 0 Å². The fourth-order valence-corrected chi connectivity index (χ4v) is 3.10. The lowest BCUT2D eigenvalue weighted by Gasteiger charge is -2.16. The van der Waals surface area contributed by atoms with Gasteiger partial charge in [0, 0.05) is 32.1 Å². The molecule has 0 aromatic carbocycles. The standard InChI is InChI=1S/C9H15N3O4S2/c1-12(5-6-17(2,13)14)18(15,16)8-3-4-11-9(10)7-8/h3-4,7H,5-6H2,1-2H3,(H2,10,11). The molecule has 0 fully saturated rings. The van der Waals surface area contributed by atoms with Crippen molar-refractivity contribution in [2.75, 3.05) is 31.3 Å². The van der Waals surface area contributed by atoms with Gasteiger partial charge in [0.15, 0.2) is 0 Å². The molecule has 0 aliphatic carbocycles. The molecule has 0 atom stereocenters. The second-order valence-electron chi connectivity index (χ2n) is 3.87. The van der Waals surface area contributed by atoms with Gasteiger partial charge < -0.3 is 5.73 Å². The van der Waals surface area contributed by atoms with Crippen LogP contribution in [0.25, 0.3) is 0 Å². The molecule has 1 aromatic rings. The van der Waals surface area contributed by atoms with Crippen LogP contribution in [0.1, 0.15) is 0 Å². The maximum atomic E-state index is 12.0. The smallest absolute Gasteiger partial charge is 0.243 e. The molecule has 0 saturated carbocycles. The molecule has 0 spiro atoms. The zero-order valence-electron chi connectivity index (χ0n) is 10.1. The van der Waals surface area contributed by atoms with E-state index in [4.69, 9.17) is 5.73 Å². The number of rotatable bonds is 5. The van der Waals surface area contributed by atoms with Crippen LogP contribution in [0.3, 0.4) is 0 Å². The topological polar surface area (TPSA) is 110 Å². The van der Waals surface area contributed by atoms with E-state index in [0.29, 0.717) is 0 Å². The fourth-order valence-electron chi connectivity index (χ4n) is 1.18. The summed E-state index contributed by atoms with van der Waals surface area (Å²) in [5, 5.41) is 0. The lowest BCUT2D eigenvalue weighted by molar-refractivity contribution is 0.484. The van der Waals surface area contributed by atoms with Gasteiger partial charge in [-0.3, -0.25) is 0 Å². The summed E-state index contributed by atoms with van der Waals surface area (Å²) in [6.45, 7) is -0.108. The summed E-state index contributed by atoms with van der Waals surface area (Å²) in [4.78, 5) is 3.69. The minimum Gasteiger partial charge on any atom is -0.384 e. The van der Waals surface area contributed by atoms with Crippen molar-refractivity contribution < 1.29 is 16.8 Å². The molecule has 0 amide bonds. The molecule has 0 aliphatic rings. The van der Waals surface area contributed by atoms with E-state index in [-0.39, 0.29) is 23.0 Å². The minimum atomic E-state index is -3.74. The van der Waals surface area contributed by atoms with Crippen molar-refractivity contribution in [1.29, 1.82) is 0 Å². The second-order valence-corrected chi connectivity index (χ2v) is 8.18. The predicted molar refractivity (Wildman–Crippen MR) is 68.2 cm³/mol. The number of sulfone groups is 1. The molecular formula is C9H15N3O4S2. The van der Waals surface area contributed by atoms with Gasteiger partial charge >= 0.3 is 0 Å². The van der Waals surface area contributed by atoms with Gasteiger partial charge in [-0.05, 0) is 6.07 Å². The van der Waals surface area contributed by atoms with Crippen molar-refractivity contribution >= 4 is 25.7 Å². The Morgan fingerprint density at radius 2 is 1.94 bits per heavy atom. The van der Waals surface area contributed by atoms with Crippen LogP contribution in [0, 0.1) is 0 Å². The predicted octanol–water partition coefficient (Wildman–Crippen LogP) is -0.671. The molecule has 1 rings (SSSR count). The van der Waals surface area contributed by atoms with E-state index in [2.05, 4.69) is 4.98 Å². The van der Waals surface area contributed by atoms with Gasteiger partial charge in [0.1, 0.15) is 15.7 Å². The molecule has 0 unspecified atom stereocenters. The van der Waals surface area contributed by atoms with Gasteiger partial charge in [-0.2, -0.15) is 4.31 Å². The molecule has 102 valence electrons. The molecule has 9 heteroatoms. The number of sulfonamides is 1. The summed E-state index contributed by atoms with van der Waals surface area (Å²) in [5.41, 5.74) is 5.41. The summed E-state index contributed by atoms with van der Waals surface area (Å²) in [6, 6.07) is 2.54. The van der Waals surface area contributed by atoms with Crippen molar-refractivity contribution in [3.8, 4) is 0 Å². The van der Waals surface area contributed by atoms with E-state index in [0.717, 1.165) is 10.6 Å². The van der Waals surface area contributed by atoms with Crippen LogP contribution in [-0.4, -0.2) is 51.7 Å². The maximum Gasteiger partial charge on any atom is 0.243 e. The van der Waals surface area contributed by atoms with Crippen molar-refractivity contribution in [2.24, 2.45) is 0 Å². The van der Waals surface area contributed by atoms with Crippen molar-refractivity contribution in [3.63, 3.8) is 0 Å². The zero-order valence-corrected chi connectivity index (χ0v) is 11.7. The number of pyridine rings is 1. The average Bonchev–Trinajstić information content (AvgIpc) is 2.24. The highest BCUT2D eigenvalue weighted by Gasteiger charge is 2.21. The number of aromatic nitrogens is 1. The first kappa shape index (κ1) is 14.9. The van der Waals surface area contributed by atoms with Gasteiger partial charge in [0.05, 0.1) is 10.6 Å². The minimum absolute atomic E-state index is 0.00833. The van der Waals surface area contributed by atoms with Gasteiger partial charge in [-0.25, -0.2) is 21.8 Å². The Kier molecular flexibility index (Phi) is 4.30. The summed E-state index contributed by atoms with van der Waals surface area (Å²) < 4.78 is 47.1. The summed E-state index contributed by atoms with van der Waals surface area (Å²) in [5.74, 6) is -0.142. The van der Waals surface area contributed by atoms with Crippen molar-refractivity contribution in [1.82, 2.24) is 9.29 Å². The first-order valence-electron chi connectivity index (χ1n) is 4.98.